The number of likely N-dealkylation sites (N-methyl/N-ethyl adjacent to an activating group) is 1. The van der Waals surface area contributed by atoms with E-state index in [1.807, 2.05) is 34.6 Å². The van der Waals surface area contributed by atoms with E-state index in [2.05, 4.69) is 4.76 Å². The molecule has 14 nitrogen and oxygen atoms in total. The molecule has 15 heteroatoms. The van der Waals surface area contributed by atoms with Crippen molar-refractivity contribution in [1.29, 1.82) is 0 Å². The molecule has 0 heterocycles. The maximum absolute atomic E-state index is 13.4. The largest absolute Gasteiger partial charge is 0.508 e. The topological polar surface area (TPSA) is 186 Å². The fourth-order valence-corrected chi connectivity index (χ4v) is 4.26. The molecule has 0 amide bonds. The molecule has 0 aliphatic heterocycles. The molecule has 0 spiro atoms. The van der Waals surface area contributed by atoms with Crippen LogP contribution < -0.4 is 5.73 Å². The van der Waals surface area contributed by atoms with E-state index in [-0.39, 0.29) is 57.4 Å². The highest BCUT2D eigenvalue weighted by atomic mass is 31.2. The lowest BCUT2D eigenvalue weighted by atomic mass is 10.1. The number of unbranched alkanes of at least 4 members (excludes halogenated alkanes) is 3. The first-order valence-electron chi connectivity index (χ1n) is 14.1. The number of rotatable bonds is 22. The van der Waals surface area contributed by atoms with Gasteiger partial charge in [-0.15, -0.1) is 4.76 Å². The van der Waals surface area contributed by atoms with Gasteiger partial charge in [0.1, 0.15) is 6.04 Å². The standard InChI is InChI=1S/C26H50N3O11P/c1-7-8-13-22(23(30)31)29(6)24(27)28-41(34,39-16-11-9-14-35-25(32)37-18-20(2)3)40-17-12-10-15-36-26(33)38-19-21(4)5/h20-22H,7-19H2,1-6H3,(H,30,31)(H2,27,28,34). The summed E-state index contributed by atoms with van der Waals surface area (Å²) in [6.45, 7) is 10.1. The molecule has 0 aliphatic carbocycles. The van der Waals surface area contributed by atoms with Gasteiger partial charge in [0, 0.05) is 7.05 Å². The maximum atomic E-state index is 13.4. The zero-order chi connectivity index (χ0) is 31.3. The van der Waals surface area contributed by atoms with Gasteiger partial charge in [0.15, 0.2) is 0 Å². The average molecular weight is 612 g/mol. The van der Waals surface area contributed by atoms with Crippen molar-refractivity contribution in [3.05, 3.63) is 0 Å². The number of hydrogen-bond acceptors (Lipinski definition) is 10. The summed E-state index contributed by atoms with van der Waals surface area (Å²) in [6, 6.07) is -0.965. The van der Waals surface area contributed by atoms with Crippen LogP contribution in [0.4, 0.5) is 9.59 Å². The molecule has 0 fully saturated rings. The fraction of sp³-hybridized carbons (Fsp3) is 0.846. The highest BCUT2D eigenvalue weighted by molar-refractivity contribution is 7.52. The van der Waals surface area contributed by atoms with Crippen LogP contribution in [0, 0.1) is 11.8 Å². The van der Waals surface area contributed by atoms with Crippen molar-refractivity contribution in [2.45, 2.75) is 85.6 Å². The Hall–Kier alpha value is -2.57. The number of carbonyl (C=O) groups excluding carboxylic acids is 2. The lowest BCUT2D eigenvalue weighted by Gasteiger charge is -2.26. The van der Waals surface area contributed by atoms with Gasteiger partial charge in [0.25, 0.3) is 0 Å². The van der Waals surface area contributed by atoms with Gasteiger partial charge in [0.05, 0.1) is 39.6 Å². The second-order valence-corrected chi connectivity index (χ2v) is 11.9. The number of guanidine groups is 1. The normalized spacial score (nSPS) is 12.7. The molecule has 3 N–H and O–H groups in total. The number of carboxylic acids is 1. The van der Waals surface area contributed by atoms with Crippen LogP contribution in [0.15, 0.2) is 4.76 Å². The molecule has 0 aromatic heterocycles. The van der Waals surface area contributed by atoms with Crippen LogP contribution in [0.3, 0.4) is 0 Å². The van der Waals surface area contributed by atoms with Gasteiger partial charge in [-0.05, 0) is 43.9 Å². The predicted octanol–water partition coefficient (Wildman–Crippen LogP) is 5.20. The first kappa shape index (κ1) is 38.4. The van der Waals surface area contributed by atoms with Gasteiger partial charge in [0.2, 0.25) is 5.96 Å². The summed E-state index contributed by atoms with van der Waals surface area (Å²) < 4.78 is 48.1. The maximum Gasteiger partial charge on any atom is 0.508 e. The van der Waals surface area contributed by atoms with Gasteiger partial charge in [-0.1, -0.05) is 47.5 Å². The molecule has 0 aromatic carbocycles. The van der Waals surface area contributed by atoms with E-state index in [1.165, 1.54) is 11.9 Å². The second kappa shape index (κ2) is 22.1. The average Bonchev–Trinajstić information content (AvgIpc) is 2.90. The lowest BCUT2D eigenvalue weighted by Crippen LogP contribution is -2.46. The van der Waals surface area contributed by atoms with Gasteiger partial charge in [-0.25, -0.2) is 18.9 Å². The van der Waals surface area contributed by atoms with E-state index in [9.17, 15) is 24.1 Å². The molecule has 0 aromatic rings. The Bertz CT molecular complexity index is 799. The number of carbonyl (C=O) groups is 3. The van der Waals surface area contributed by atoms with Crippen LogP contribution in [0.25, 0.3) is 0 Å². The summed E-state index contributed by atoms with van der Waals surface area (Å²) in [5.74, 6) is -1.01. The number of aliphatic carboxylic acids is 1. The molecular formula is C26H50N3O11P. The summed E-state index contributed by atoms with van der Waals surface area (Å²) in [5.41, 5.74) is 6.02. The van der Waals surface area contributed by atoms with Crippen LogP contribution in [0.1, 0.15) is 79.6 Å². The van der Waals surface area contributed by atoms with Crippen molar-refractivity contribution < 1.29 is 52.1 Å². The van der Waals surface area contributed by atoms with Crippen LogP contribution >= 0.6 is 7.75 Å². The minimum atomic E-state index is -4.14. The third-order valence-electron chi connectivity index (χ3n) is 5.27. The van der Waals surface area contributed by atoms with E-state index in [4.69, 9.17) is 33.7 Å². The predicted molar refractivity (Wildman–Crippen MR) is 153 cm³/mol. The third-order valence-corrected chi connectivity index (χ3v) is 6.73. The molecule has 1 atom stereocenters. The smallest absolute Gasteiger partial charge is 0.480 e. The summed E-state index contributed by atoms with van der Waals surface area (Å²) in [5, 5.41) is 9.59. The van der Waals surface area contributed by atoms with Crippen molar-refractivity contribution in [1.82, 2.24) is 4.90 Å². The van der Waals surface area contributed by atoms with Crippen LogP contribution in [-0.4, -0.2) is 87.0 Å². The van der Waals surface area contributed by atoms with Crippen LogP contribution in [-0.2, 0) is 37.4 Å². The fourth-order valence-electron chi connectivity index (χ4n) is 2.96. The zero-order valence-corrected chi connectivity index (χ0v) is 26.3. The molecule has 0 aliphatic rings. The van der Waals surface area contributed by atoms with E-state index in [0.717, 1.165) is 6.42 Å². The summed E-state index contributed by atoms with van der Waals surface area (Å²) in [6.07, 6.45) is 1.76. The first-order valence-corrected chi connectivity index (χ1v) is 15.6. The minimum Gasteiger partial charge on any atom is -0.480 e. The van der Waals surface area contributed by atoms with Crippen molar-refractivity contribution in [3.8, 4) is 0 Å². The van der Waals surface area contributed by atoms with Crippen molar-refractivity contribution in [2.24, 2.45) is 22.3 Å². The molecule has 0 saturated carbocycles. The highest BCUT2D eigenvalue weighted by Gasteiger charge is 2.29. The van der Waals surface area contributed by atoms with Crippen molar-refractivity contribution >= 4 is 32.0 Å². The summed E-state index contributed by atoms with van der Waals surface area (Å²) in [4.78, 5) is 36.0. The highest BCUT2D eigenvalue weighted by Crippen LogP contribution is 2.50. The Morgan fingerprint density at radius 1 is 0.805 bits per heavy atom. The number of carboxylic acid groups (broad SMARTS) is 1. The Labute approximate surface area is 243 Å². The van der Waals surface area contributed by atoms with Crippen molar-refractivity contribution in [2.75, 3.05) is 46.7 Å². The zero-order valence-electron chi connectivity index (χ0n) is 25.4. The Morgan fingerprint density at radius 3 is 1.63 bits per heavy atom. The lowest BCUT2D eigenvalue weighted by molar-refractivity contribution is -0.141. The Kier molecular flexibility index (Phi) is 20.7. The van der Waals surface area contributed by atoms with Gasteiger partial charge in [-0.3, -0.25) is 9.05 Å². The number of hydrogen-bond donors (Lipinski definition) is 2. The van der Waals surface area contributed by atoms with E-state index in [1.54, 1.807) is 0 Å². The first-order chi connectivity index (χ1) is 19.3. The van der Waals surface area contributed by atoms with Gasteiger partial charge < -0.3 is 34.7 Å². The summed E-state index contributed by atoms with van der Waals surface area (Å²) in [7, 11) is -2.69. The molecule has 0 bridgehead atoms. The monoisotopic (exact) mass is 611 g/mol. The van der Waals surface area contributed by atoms with Crippen LogP contribution in [0.2, 0.25) is 0 Å². The SMILES string of the molecule is CCCCC(C(=O)O)N(C)C(N)=NP(=O)(OCCCCOC(=O)OCC(C)C)OCCCCOC(=O)OCC(C)C. The molecule has 0 saturated heterocycles. The molecule has 240 valence electrons. The van der Waals surface area contributed by atoms with E-state index in [0.29, 0.717) is 38.5 Å². The quantitative estimate of drug-likeness (QED) is 0.0535. The molecule has 1 unspecified atom stereocenters. The van der Waals surface area contributed by atoms with Crippen molar-refractivity contribution in [3.63, 3.8) is 0 Å². The Morgan fingerprint density at radius 2 is 1.24 bits per heavy atom. The molecule has 41 heavy (non-hydrogen) atoms. The Balaban J connectivity index is 5.01. The van der Waals surface area contributed by atoms with E-state index >= 15 is 0 Å². The minimum absolute atomic E-state index is 0.0504. The molecule has 0 rings (SSSR count). The number of nitrogens with two attached hydrogens (primary N) is 1. The number of nitrogens with zero attached hydrogens (tertiary/aromatic N) is 2. The van der Waals surface area contributed by atoms with Gasteiger partial charge in [-0.2, -0.15) is 0 Å². The molecule has 0 radical (unpaired) electrons. The summed E-state index contributed by atoms with van der Waals surface area (Å²) >= 11 is 0. The third kappa shape index (κ3) is 20.0. The second-order valence-electron chi connectivity index (χ2n) is 10.2. The van der Waals surface area contributed by atoms with Crippen LogP contribution in [0.5, 0.6) is 0 Å². The number of ether oxygens (including phenoxy) is 4. The van der Waals surface area contributed by atoms with E-state index < -0.39 is 32.1 Å². The van der Waals surface area contributed by atoms with Gasteiger partial charge >= 0.3 is 26.0 Å². The molecular weight excluding hydrogens is 561 g/mol.